The Kier molecular flexibility index (Phi) is 5.40. The first-order chi connectivity index (χ1) is 11.3. The molecule has 24 heavy (non-hydrogen) atoms. The molecule has 0 aliphatic carbocycles. The molecule has 1 aromatic carbocycles. The minimum absolute atomic E-state index is 0.105. The summed E-state index contributed by atoms with van der Waals surface area (Å²) in [6.07, 6.45) is 2.48. The van der Waals surface area contributed by atoms with Gasteiger partial charge in [0, 0.05) is 6.26 Å². The fourth-order valence-electron chi connectivity index (χ4n) is 2.06. The number of ether oxygens (including phenoxy) is 1. The maximum atomic E-state index is 12.0. The number of carbonyl (C=O) groups excluding carboxylic acids is 2. The molecule has 0 radical (unpaired) electrons. The summed E-state index contributed by atoms with van der Waals surface area (Å²) in [5.41, 5.74) is -0.105. The smallest absolute Gasteiger partial charge is 0.339 e. The van der Waals surface area contributed by atoms with Crippen LogP contribution in [0.3, 0.4) is 0 Å². The van der Waals surface area contributed by atoms with Gasteiger partial charge < -0.3 is 14.5 Å². The summed E-state index contributed by atoms with van der Waals surface area (Å²) in [5.74, 6) is -0.835. The lowest BCUT2D eigenvalue weighted by molar-refractivity contribution is -0.125. The molecule has 0 aliphatic rings. The van der Waals surface area contributed by atoms with E-state index in [1.807, 2.05) is 0 Å². The van der Waals surface area contributed by atoms with E-state index in [1.165, 1.54) is 30.5 Å². The van der Waals surface area contributed by atoms with Gasteiger partial charge in [-0.05, 0) is 31.2 Å². The molecule has 128 valence electrons. The van der Waals surface area contributed by atoms with Crippen LogP contribution in [0.1, 0.15) is 29.1 Å². The van der Waals surface area contributed by atoms with Crippen molar-refractivity contribution in [3.8, 4) is 0 Å². The van der Waals surface area contributed by atoms with Gasteiger partial charge in [0.05, 0.1) is 22.8 Å². The molecule has 0 fully saturated rings. The number of carbonyl (C=O) groups is 2. The molecule has 8 heteroatoms. The summed E-state index contributed by atoms with van der Waals surface area (Å²) in [4.78, 5) is 23.7. The summed E-state index contributed by atoms with van der Waals surface area (Å²) in [7, 11) is -3.58. The number of hydrogen-bond acceptors (Lipinski definition) is 6. The van der Waals surface area contributed by atoms with E-state index in [-0.39, 0.29) is 16.5 Å². The molecule has 1 unspecified atom stereocenters. The van der Waals surface area contributed by atoms with Crippen LogP contribution >= 0.6 is 0 Å². The van der Waals surface area contributed by atoms with Crippen molar-refractivity contribution in [2.75, 3.05) is 12.9 Å². The molecular formula is C16H17NO6S. The second-order valence-electron chi connectivity index (χ2n) is 5.15. The van der Waals surface area contributed by atoms with Gasteiger partial charge in [0.1, 0.15) is 5.76 Å². The third-order valence-electron chi connectivity index (χ3n) is 3.19. The fraction of sp³-hybridized carbons (Fsp3) is 0.250. The Bertz CT molecular complexity index is 826. The summed E-state index contributed by atoms with van der Waals surface area (Å²) in [6.45, 7) is 1.19. The molecule has 2 aromatic rings. The van der Waals surface area contributed by atoms with Gasteiger partial charge >= 0.3 is 5.97 Å². The first-order valence-electron chi connectivity index (χ1n) is 7.08. The van der Waals surface area contributed by atoms with Crippen LogP contribution in [0.25, 0.3) is 0 Å². The normalized spacial score (nSPS) is 12.4. The molecule has 0 spiro atoms. The highest BCUT2D eigenvalue weighted by Gasteiger charge is 2.20. The average molecular weight is 351 g/mol. The predicted octanol–water partition coefficient (Wildman–Crippen LogP) is 1.72. The number of furan rings is 1. The van der Waals surface area contributed by atoms with Gasteiger partial charge in [-0.3, -0.25) is 4.79 Å². The zero-order chi connectivity index (χ0) is 17.7. The Labute approximate surface area is 139 Å². The second-order valence-corrected chi connectivity index (χ2v) is 7.13. The topological polar surface area (TPSA) is 103 Å². The Morgan fingerprint density at radius 2 is 1.92 bits per heavy atom. The number of hydrogen-bond donors (Lipinski definition) is 1. The van der Waals surface area contributed by atoms with Crippen molar-refractivity contribution >= 4 is 21.7 Å². The molecule has 1 amide bonds. The first-order valence-corrected chi connectivity index (χ1v) is 8.97. The molecule has 2 rings (SSSR count). The van der Waals surface area contributed by atoms with Crippen molar-refractivity contribution in [3.05, 3.63) is 54.0 Å². The van der Waals surface area contributed by atoms with Gasteiger partial charge in [0.2, 0.25) is 0 Å². The van der Waals surface area contributed by atoms with Crippen molar-refractivity contribution in [2.24, 2.45) is 0 Å². The SMILES string of the molecule is CC(NC(=O)COC(=O)c1ccccc1S(C)(=O)=O)c1ccco1. The number of rotatable bonds is 6. The highest BCUT2D eigenvalue weighted by molar-refractivity contribution is 7.90. The van der Waals surface area contributed by atoms with Gasteiger partial charge in [-0.25, -0.2) is 13.2 Å². The second kappa shape index (κ2) is 7.31. The monoisotopic (exact) mass is 351 g/mol. The first kappa shape index (κ1) is 17.7. The van der Waals surface area contributed by atoms with E-state index in [1.54, 1.807) is 19.1 Å². The van der Waals surface area contributed by atoms with Crippen LogP contribution in [0, 0.1) is 0 Å². The molecule has 0 saturated carbocycles. The zero-order valence-corrected chi connectivity index (χ0v) is 14.0. The van der Waals surface area contributed by atoms with Crippen molar-refractivity contribution < 1.29 is 27.2 Å². The van der Waals surface area contributed by atoms with E-state index in [9.17, 15) is 18.0 Å². The lowest BCUT2D eigenvalue weighted by Gasteiger charge is -2.12. The maximum Gasteiger partial charge on any atom is 0.339 e. The molecule has 7 nitrogen and oxygen atoms in total. The van der Waals surface area contributed by atoms with Gasteiger partial charge in [0.25, 0.3) is 5.91 Å². The van der Waals surface area contributed by atoms with Crippen LogP contribution in [0.4, 0.5) is 0 Å². The van der Waals surface area contributed by atoms with Gasteiger partial charge in [0.15, 0.2) is 16.4 Å². The van der Waals surface area contributed by atoms with Gasteiger partial charge in [-0.15, -0.1) is 0 Å². The summed E-state index contributed by atoms with van der Waals surface area (Å²) in [5, 5.41) is 2.61. The Hall–Kier alpha value is -2.61. The molecule has 0 aliphatic heterocycles. The van der Waals surface area contributed by atoms with E-state index in [0.717, 1.165) is 6.26 Å². The summed E-state index contributed by atoms with van der Waals surface area (Å²) < 4.78 is 33.4. The third kappa shape index (κ3) is 4.45. The fourth-order valence-corrected chi connectivity index (χ4v) is 2.94. The molecule has 1 N–H and O–H groups in total. The van der Waals surface area contributed by atoms with Crippen LogP contribution in [-0.2, 0) is 19.4 Å². The molecule has 1 atom stereocenters. The zero-order valence-electron chi connectivity index (χ0n) is 13.2. The van der Waals surface area contributed by atoms with Crippen LogP contribution in [0.2, 0.25) is 0 Å². The van der Waals surface area contributed by atoms with E-state index in [0.29, 0.717) is 5.76 Å². The third-order valence-corrected chi connectivity index (χ3v) is 4.34. The minimum Gasteiger partial charge on any atom is -0.467 e. The Morgan fingerprint density at radius 3 is 2.54 bits per heavy atom. The van der Waals surface area contributed by atoms with Crippen LogP contribution < -0.4 is 5.32 Å². The quantitative estimate of drug-likeness (QED) is 0.795. The van der Waals surface area contributed by atoms with Gasteiger partial charge in [-0.2, -0.15) is 0 Å². The largest absolute Gasteiger partial charge is 0.467 e. The standard InChI is InChI=1S/C16H17NO6S/c1-11(13-7-5-9-22-13)17-15(18)10-23-16(19)12-6-3-4-8-14(12)24(2,20)21/h3-9,11H,10H2,1-2H3,(H,17,18). The van der Waals surface area contributed by atoms with Crippen molar-refractivity contribution in [3.63, 3.8) is 0 Å². The van der Waals surface area contributed by atoms with Crippen LogP contribution in [-0.4, -0.2) is 33.2 Å². The number of sulfone groups is 1. The van der Waals surface area contributed by atoms with E-state index < -0.39 is 28.3 Å². The molecule has 0 saturated heterocycles. The lowest BCUT2D eigenvalue weighted by Crippen LogP contribution is -2.31. The number of nitrogens with one attached hydrogen (secondary N) is 1. The lowest BCUT2D eigenvalue weighted by atomic mass is 10.2. The van der Waals surface area contributed by atoms with E-state index in [4.69, 9.17) is 9.15 Å². The van der Waals surface area contributed by atoms with Crippen LogP contribution in [0.15, 0.2) is 52.0 Å². The summed E-state index contributed by atoms with van der Waals surface area (Å²) >= 11 is 0. The van der Waals surface area contributed by atoms with E-state index >= 15 is 0 Å². The highest BCUT2D eigenvalue weighted by atomic mass is 32.2. The maximum absolute atomic E-state index is 12.0. The average Bonchev–Trinajstić information content (AvgIpc) is 3.06. The summed E-state index contributed by atoms with van der Waals surface area (Å²) in [6, 6.07) is 8.69. The van der Waals surface area contributed by atoms with Gasteiger partial charge in [-0.1, -0.05) is 12.1 Å². The van der Waals surface area contributed by atoms with Crippen molar-refractivity contribution in [1.29, 1.82) is 0 Å². The molecule has 1 heterocycles. The number of esters is 1. The number of amides is 1. The molecule has 0 bridgehead atoms. The molecular weight excluding hydrogens is 334 g/mol. The number of benzene rings is 1. The van der Waals surface area contributed by atoms with Crippen molar-refractivity contribution in [1.82, 2.24) is 5.32 Å². The predicted molar refractivity (Wildman–Crippen MR) is 85.1 cm³/mol. The highest BCUT2D eigenvalue weighted by Crippen LogP contribution is 2.16. The Balaban J connectivity index is 1.98. The minimum atomic E-state index is -3.58. The van der Waals surface area contributed by atoms with E-state index in [2.05, 4.69) is 5.32 Å². The molecule has 1 aromatic heterocycles. The van der Waals surface area contributed by atoms with Crippen LogP contribution in [0.5, 0.6) is 0 Å². The Morgan fingerprint density at radius 1 is 1.21 bits per heavy atom. The van der Waals surface area contributed by atoms with Crippen molar-refractivity contribution in [2.45, 2.75) is 17.9 Å².